The Morgan fingerprint density at radius 3 is 2.54 bits per heavy atom. The van der Waals surface area contributed by atoms with Crippen LogP contribution in [0, 0.1) is 0 Å². The molecule has 0 saturated heterocycles. The molecule has 6 nitrogen and oxygen atoms in total. The molecule has 0 spiro atoms. The van der Waals surface area contributed by atoms with E-state index in [1.807, 2.05) is 38.2 Å². The molecular formula is C21H27ClN3O3+. The van der Waals surface area contributed by atoms with Gasteiger partial charge < -0.3 is 20.3 Å². The number of likely N-dealkylation sites (N-methyl/N-ethyl adjacent to an activating group) is 1. The van der Waals surface area contributed by atoms with Crippen molar-refractivity contribution >= 4 is 34.8 Å². The summed E-state index contributed by atoms with van der Waals surface area (Å²) < 4.78 is 5.25. The number of halogens is 1. The number of benzene rings is 2. The molecule has 3 N–H and O–H groups in total. The van der Waals surface area contributed by atoms with Crippen molar-refractivity contribution in [1.29, 1.82) is 0 Å². The molecule has 0 aliphatic carbocycles. The van der Waals surface area contributed by atoms with Gasteiger partial charge in [0.1, 0.15) is 5.75 Å². The smallest absolute Gasteiger partial charge is 0.282 e. The second-order valence-electron chi connectivity index (χ2n) is 6.64. The van der Waals surface area contributed by atoms with E-state index in [0.29, 0.717) is 16.5 Å². The van der Waals surface area contributed by atoms with Gasteiger partial charge in [0.15, 0.2) is 12.6 Å². The van der Waals surface area contributed by atoms with Crippen LogP contribution in [0.1, 0.15) is 19.4 Å². The molecule has 2 aromatic rings. The van der Waals surface area contributed by atoms with Gasteiger partial charge in [-0.3, -0.25) is 9.59 Å². The lowest BCUT2D eigenvalue weighted by Crippen LogP contribution is -3.14. The Hall–Kier alpha value is -2.57. The molecule has 0 bridgehead atoms. The number of hydrogen-bond donors (Lipinski definition) is 3. The lowest BCUT2D eigenvalue weighted by molar-refractivity contribution is -0.885. The summed E-state index contributed by atoms with van der Waals surface area (Å²) in [6.07, 6.45) is 0.833. The topological polar surface area (TPSA) is 71.9 Å². The van der Waals surface area contributed by atoms with Crippen LogP contribution in [0.15, 0.2) is 42.5 Å². The zero-order valence-electron chi connectivity index (χ0n) is 16.6. The molecule has 7 heteroatoms. The van der Waals surface area contributed by atoms with Crippen LogP contribution in [0.5, 0.6) is 5.75 Å². The number of para-hydroxylation sites is 1. The van der Waals surface area contributed by atoms with Gasteiger partial charge in [-0.15, -0.1) is 0 Å². The normalized spacial score (nSPS) is 12.8. The van der Waals surface area contributed by atoms with Crippen molar-refractivity contribution < 1.29 is 19.2 Å². The zero-order chi connectivity index (χ0) is 20.7. The molecule has 0 aliphatic rings. The SMILES string of the molecule is CCc1ccccc1NC(=O)C[NH+](C)[C@@H](C)C(=O)Nc1cc(Cl)ccc1OC. The molecule has 0 saturated carbocycles. The van der Waals surface area contributed by atoms with Crippen LogP contribution in [0.25, 0.3) is 0 Å². The van der Waals surface area contributed by atoms with Gasteiger partial charge in [-0.25, -0.2) is 0 Å². The molecule has 1 unspecified atom stereocenters. The van der Waals surface area contributed by atoms with Crippen molar-refractivity contribution in [2.45, 2.75) is 26.3 Å². The maximum absolute atomic E-state index is 12.6. The van der Waals surface area contributed by atoms with E-state index < -0.39 is 6.04 Å². The van der Waals surface area contributed by atoms with Gasteiger partial charge in [-0.1, -0.05) is 36.7 Å². The summed E-state index contributed by atoms with van der Waals surface area (Å²) in [5.41, 5.74) is 2.39. The Kier molecular flexibility index (Phi) is 7.84. The first kappa shape index (κ1) is 21.7. The van der Waals surface area contributed by atoms with Crippen molar-refractivity contribution in [2.24, 2.45) is 0 Å². The average molecular weight is 405 g/mol. The Labute approximate surface area is 170 Å². The minimum Gasteiger partial charge on any atom is -0.495 e. The maximum atomic E-state index is 12.6. The molecule has 0 fully saturated rings. The number of anilines is 2. The summed E-state index contributed by atoms with van der Waals surface area (Å²) in [5.74, 6) is 0.162. The monoisotopic (exact) mass is 404 g/mol. The predicted molar refractivity (Wildman–Crippen MR) is 112 cm³/mol. The third kappa shape index (κ3) is 5.71. The van der Waals surface area contributed by atoms with Gasteiger partial charge in [0.25, 0.3) is 11.8 Å². The van der Waals surface area contributed by atoms with Crippen molar-refractivity contribution in [3.05, 3.63) is 53.1 Å². The van der Waals surface area contributed by atoms with E-state index >= 15 is 0 Å². The van der Waals surface area contributed by atoms with Gasteiger partial charge in [-0.05, 0) is 43.2 Å². The second-order valence-corrected chi connectivity index (χ2v) is 7.07. The van der Waals surface area contributed by atoms with E-state index in [9.17, 15) is 9.59 Å². The molecule has 2 amide bonds. The van der Waals surface area contributed by atoms with Crippen LogP contribution < -0.4 is 20.3 Å². The van der Waals surface area contributed by atoms with E-state index in [1.54, 1.807) is 25.1 Å². The molecule has 0 aromatic heterocycles. The van der Waals surface area contributed by atoms with Crippen molar-refractivity contribution in [3.63, 3.8) is 0 Å². The highest BCUT2D eigenvalue weighted by Crippen LogP contribution is 2.27. The molecule has 28 heavy (non-hydrogen) atoms. The highest BCUT2D eigenvalue weighted by Gasteiger charge is 2.25. The molecule has 0 aliphatic heterocycles. The van der Waals surface area contributed by atoms with Crippen molar-refractivity contribution in [3.8, 4) is 5.75 Å². The van der Waals surface area contributed by atoms with Gasteiger partial charge in [-0.2, -0.15) is 0 Å². The number of quaternary nitrogens is 1. The van der Waals surface area contributed by atoms with E-state index in [4.69, 9.17) is 16.3 Å². The van der Waals surface area contributed by atoms with Crippen LogP contribution >= 0.6 is 11.6 Å². The lowest BCUT2D eigenvalue weighted by Gasteiger charge is -2.21. The second kappa shape index (κ2) is 10.1. The summed E-state index contributed by atoms with van der Waals surface area (Å²) >= 11 is 6.00. The predicted octanol–water partition coefficient (Wildman–Crippen LogP) is 2.39. The van der Waals surface area contributed by atoms with Gasteiger partial charge in [0, 0.05) is 10.7 Å². The average Bonchev–Trinajstić information content (AvgIpc) is 2.67. The molecular weight excluding hydrogens is 378 g/mol. The van der Waals surface area contributed by atoms with Crippen LogP contribution in [-0.4, -0.2) is 38.6 Å². The number of hydrogen-bond acceptors (Lipinski definition) is 3. The van der Waals surface area contributed by atoms with Gasteiger partial charge >= 0.3 is 0 Å². The summed E-state index contributed by atoms with van der Waals surface area (Å²) in [6, 6.07) is 12.3. The first-order valence-electron chi connectivity index (χ1n) is 9.20. The first-order valence-corrected chi connectivity index (χ1v) is 9.58. The summed E-state index contributed by atoms with van der Waals surface area (Å²) in [7, 11) is 3.34. The largest absolute Gasteiger partial charge is 0.495 e. The molecule has 0 heterocycles. The zero-order valence-corrected chi connectivity index (χ0v) is 17.4. The Morgan fingerprint density at radius 2 is 1.86 bits per heavy atom. The summed E-state index contributed by atoms with van der Waals surface area (Å²) in [4.78, 5) is 25.8. The molecule has 0 radical (unpaired) electrons. The number of nitrogens with one attached hydrogen (secondary N) is 3. The van der Waals surface area contributed by atoms with Crippen molar-refractivity contribution in [2.75, 3.05) is 31.3 Å². The van der Waals surface area contributed by atoms with Crippen LogP contribution in [0.2, 0.25) is 5.02 Å². The fourth-order valence-corrected chi connectivity index (χ4v) is 2.97. The van der Waals surface area contributed by atoms with E-state index in [1.165, 1.54) is 7.11 Å². The highest BCUT2D eigenvalue weighted by molar-refractivity contribution is 6.31. The third-order valence-electron chi connectivity index (χ3n) is 4.66. The number of carbonyl (C=O) groups excluding carboxylic acids is 2. The van der Waals surface area contributed by atoms with Crippen LogP contribution in [0.3, 0.4) is 0 Å². The molecule has 150 valence electrons. The molecule has 2 atom stereocenters. The summed E-state index contributed by atoms with van der Waals surface area (Å²) in [6.45, 7) is 3.98. The quantitative estimate of drug-likeness (QED) is 0.632. The third-order valence-corrected chi connectivity index (χ3v) is 4.90. The minimum absolute atomic E-state index is 0.140. The first-order chi connectivity index (χ1) is 13.3. The van der Waals surface area contributed by atoms with E-state index in [0.717, 1.165) is 22.6 Å². The summed E-state index contributed by atoms with van der Waals surface area (Å²) in [5, 5.41) is 6.25. The van der Waals surface area contributed by atoms with Crippen molar-refractivity contribution in [1.82, 2.24) is 0 Å². The lowest BCUT2D eigenvalue weighted by atomic mass is 10.1. The molecule has 2 rings (SSSR count). The van der Waals surface area contributed by atoms with Gasteiger partial charge in [0.05, 0.1) is 19.8 Å². The number of ether oxygens (including phenoxy) is 1. The van der Waals surface area contributed by atoms with E-state index in [-0.39, 0.29) is 18.4 Å². The number of methoxy groups -OCH3 is 1. The fourth-order valence-electron chi connectivity index (χ4n) is 2.79. The Bertz CT molecular complexity index is 841. The Morgan fingerprint density at radius 1 is 1.14 bits per heavy atom. The maximum Gasteiger partial charge on any atom is 0.282 e. The van der Waals surface area contributed by atoms with Crippen LogP contribution in [-0.2, 0) is 16.0 Å². The number of amides is 2. The number of aryl methyl sites for hydroxylation is 1. The number of carbonyl (C=O) groups is 2. The highest BCUT2D eigenvalue weighted by atomic mass is 35.5. The van der Waals surface area contributed by atoms with E-state index in [2.05, 4.69) is 10.6 Å². The molecule has 2 aromatic carbocycles. The van der Waals surface area contributed by atoms with Crippen LogP contribution in [0.4, 0.5) is 11.4 Å². The fraction of sp³-hybridized carbons (Fsp3) is 0.333. The number of rotatable bonds is 8. The standard InChI is InChI=1S/C21H26ClN3O3/c1-5-15-8-6-7-9-17(15)23-20(26)13-25(3)14(2)21(27)24-18-12-16(22)10-11-19(18)28-4/h6-12,14H,5,13H2,1-4H3,(H,23,26)(H,24,27)/p+1/t14-/m0/s1. The van der Waals surface area contributed by atoms with Gasteiger partial charge in [0.2, 0.25) is 0 Å². The Balaban J connectivity index is 1.98. The minimum atomic E-state index is -0.448.